The monoisotopic (exact) mass is 210 g/mol. The highest BCUT2D eigenvalue weighted by Crippen LogP contribution is 2.17. The Kier molecular flexibility index (Phi) is 4.01. The summed E-state index contributed by atoms with van der Waals surface area (Å²) in [7, 11) is 1.62. The summed E-state index contributed by atoms with van der Waals surface area (Å²) in [4.78, 5) is 11.2. The number of carbonyl (C=O) groups excluding carboxylic acids is 1. The maximum absolute atomic E-state index is 11.2. The zero-order chi connectivity index (χ0) is 10.6. The minimum atomic E-state index is 0.129. The molecule has 0 spiro atoms. The third-order valence-electron chi connectivity index (χ3n) is 2.12. The van der Waals surface area contributed by atoms with Crippen molar-refractivity contribution in [2.75, 3.05) is 12.9 Å². The number of benzene rings is 1. The van der Waals surface area contributed by atoms with Crippen LogP contribution in [0.1, 0.15) is 11.1 Å². The van der Waals surface area contributed by atoms with Crippen LogP contribution < -0.4 is 4.74 Å². The number of thiol groups is 1. The molecule has 0 bridgehead atoms. The van der Waals surface area contributed by atoms with Gasteiger partial charge in [-0.05, 0) is 30.2 Å². The minimum absolute atomic E-state index is 0.129. The van der Waals surface area contributed by atoms with Gasteiger partial charge in [0.2, 0.25) is 0 Å². The first-order valence-corrected chi connectivity index (χ1v) is 5.06. The van der Waals surface area contributed by atoms with Gasteiger partial charge in [0.15, 0.2) is 0 Å². The number of rotatable bonds is 4. The molecule has 0 atom stereocenters. The SMILES string of the molecule is COc1ccc(C)c(CC(=O)CS)c1. The van der Waals surface area contributed by atoms with Crippen molar-refractivity contribution in [1.29, 1.82) is 0 Å². The Balaban J connectivity index is 2.89. The standard InChI is InChI=1S/C11H14O2S/c1-8-3-4-11(13-2)6-9(8)5-10(12)7-14/h3-4,6,14H,5,7H2,1-2H3. The molecule has 1 rings (SSSR count). The van der Waals surface area contributed by atoms with Gasteiger partial charge in [-0.15, -0.1) is 0 Å². The van der Waals surface area contributed by atoms with Gasteiger partial charge in [0, 0.05) is 12.2 Å². The fourth-order valence-corrected chi connectivity index (χ4v) is 1.35. The summed E-state index contributed by atoms with van der Waals surface area (Å²) >= 11 is 3.95. The molecule has 0 unspecified atom stereocenters. The Labute approximate surface area is 89.7 Å². The molecule has 0 heterocycles. The zero-order valence-corrected chi connectivity index (χ0v) is 9.30. The maximum Gasteiger partial charge on any atom is 0.146 e. The molecule has 0 amide bonds. The quantitative estimate of drug-likeness (QED) is 0.770. The Bertz CT molecular complexity index is 334. The lowest BCUT2D eigenvalue weighted by molar-refractivity contribution is -0.115. The summed E-state index contributed by atoms with van der Waals surface area (Å²) in [6.45, 7) is 1.99. The summed E-state index contributed by atoms with van der Waals surface area (Å²) in [5.74, 6) is 1.21. The van der Waals surface area contributed by atoms with E-state index in [1.807, 2.05) is 25.1 Å². The van der Waals surface area contributed by atoms with Gasteiger partial charge in [-0.2, -0.15) is 12.6 Å². The van der Waals surface area contributed by atoms with E-state index < -0.39 is 0 Å². The number of ether oxygens (including phenoxy) is 1. The van der Waals surface area contributed by atoms with Crippen molar-refractivity contribution < 1.29 is 9.53 Å². The first-order valence-electron chi connectivity index (χ1n) is 4.43. The summed E-state index contributed by atoms with van der Waals surface area (Å²) < 4.78 is 5.09. The minimum Gasteiger partial charge on any atom is -0.497 e. The van der Waals surface area contributed by atoms with Crippen LogP contribution >= 0.6 is 12.6 Å². The Morgan fingerprint density at radius 2 is 2.21 bits per heavy atom. The molecule has 0 N–H and O–H groups in total. The van der Waals surface area contributed by atoms with Crippen LogP contribution in [0.2, 0.25) is 0 Å². The average Bonchev–Trinajstić information content (AvgIpc) is 2.21. The topological polar surface area (TPSA) is 26.3 Å². The molecule has 0 aliphatic rings. The predicted octanol–water partition coefficient (Wildman–Crippen LogP) is 2.05. The van der Waals surface area contributed by atoms with Crippen molar-refractivity contribution in [3.8, 4) is 5.75 Å². The maximum atomic E-state index is 11.2. The summed E-state index contributed by atoms with van der Waals surface area (Å²) in [5, 5.41) is 0. The third kappa shape index (κ3) is 2.77. The molecule has 3 heteroatoms. The second kappa shape index (κ2) is 5.05. The molecule has 76 valence electrons. The molecule has 2 nitrogen and oxygen atoms in total. The second-order valence-electron chi connectivity index (χ2n) is 3.17. The van der Waals surface area contributed by atoms with E-state index in [1.165, 1.54) is 0 Å². The predicted molar refractivity (Wildman–Crippen MR) is 60.3 cm³/mol. The van der Waals surface area contributed by atoms with Crippen LogP contribution in [0.25, 0.3) is 0 Å². The largest absolute Gasteiger partial charge is 0.497 e. The summed E-state index contributed by atoms with van der Waals surface area (Å²) in [6.07, 6.45) is 0.437. The highest BCUT2D eigenvalue weighted by atomic mass is 32.1. The van der Waals surface area contributed by atoms with E-state index >= 15 is 0 Å². The van der Waals surface area contributed by atoms with E-state index in [0.29, 0.717) is 6.42 Å². The van der Waals surface area contributed by atoms with Crippen LogP contribution in [0.4, 0.5) is 0 Å². The van der Waals surface area contributed by atoms with E-state index in [-0.39, 0.29) is 11.5 Å². The molecular weight excluding hydrogens is 196 g/mol. The number of ketones is 1. The number of hydrogen-bond donors (Lipinski definition) is 1. The van der Waals surface area contributed by atoms with Crippen molar-refractivity contribution >= 4 is 18.4 Å². The molecule has 0 aliphatic carbocycles. The van der Waals surface area contributed by atoms with Gasteiger partial charge in [-0.25, -0.2) is 0 Å². The number of carbonyl (C=O) groups is 1. The van der Waals surface area contributed by atoms with Gasteiger partial charge < -0.3 is 4.74 Å². The van der Waals surface area contributed by atoms with Crippen molar-refractivity contribution in [1.82, 2.24) is 0 Å². The Hall–Kier alpha value is -0.960. The van der Waals surface area contributed by atoms with E-state index in [4.69, 9.17) is 4.74 Å². The number of hydrogen-bond acceptors (Lipinski definition) is 3. The van der Waals surface area contributed by atoms with E-state index in [0.717, 1.165) is 16.9 Å². The molecule has 0 aliphatic heterocycles. The number of methoxy groups -OCH3 is 1. The van der Waals surface area contributed by atoms with Crippen molar-refractivity contribution in [2.24, 2.45) is 0 Å². The van der Waals surface area contributed by atoms with Gasteiger partial charge in [-0.1, -0.05) is 6.07 Å². The third-order valence-corrected chi connectivity index (χ3v) is 2.47. The first kappa shape index (κ1) is 11.1. The van der Waals surface area contributed by atoms with Crippen LogP contribution in [0, 0.1) is 6.92 Å². The van der Waals surface area contributed by atoms with Crippen molar-refractivity contribution in [3.05, 3.63) is 29.3 Å². The molecule has 0 fully saturated rings. The molecule has 1 aromatic rings. The smallest absolute Gasteiger partial charge is 0.146 e. The lowest BCUT2D eigenvalue weighted by Gasteiger charge is -2.06. The number of aryl methyl sites for hydroxylation is 1. The first-order chi connectivity index (χ1) is 6.67. The molecule has 0 saturated heterocycles. The Morgan fingerprint density at radius 3 is 2.79 bits per heavy atom. The van der Waals surface area contributed by atoms with Crippen LogP contribution in [0.3, 0.4) is 0 Å². The lowest BCUT2D eigenvalue weighted by atomic mass is 10.0. The lowest BCUT2D eigenvalue weighted by Crippen LogP contribution is -2.05. The van der Waals surface area contributed by atoms with Crippen LogP contribution in [-0.4, -0.2) is 18.6 Å². The van der Waals surface area contributed by atoms with Gasteiger partial charge >= 0.3 is 0 Å². The molecular formula is C11H14O2S. The molecule has 14 heavy (non-hydrogen) atoms. The summed E-state index contributed by atoms with van der Waals surface area (Å²) in [5.41, 5.74) is 2.13. The van der Waals surface area contributed by atoms with Crippen molar-refractivity contribution in [2.45, 2.75) is 13.3 Å². The normalized spacial score (nSPS) is 9.93. The highest BCUT2D eigenvalue weighted by Gasteiger charge is 2.05. The van der Waals surface area contributed by atoms with Gasteiger partial charge in [-0.3, -0.25) is 4.79 Å². The molecule has 0 saturated carbocycles. The van der Waals surface area contributed by atoms with Crippen LogP contribution in [0.15, 0.2) is 18.2 Å². The van der Waals surface area contributed by atoms with Crippen molar-refractivity contribution in [3.63, 3.8) is 0 Å². The Morgan fingerprint density at radius 1 is 1.50 bits per heavy atom. The highest BCUT2D eigenvalue weighted by molar-refractivity contribution is 7.81. The fraction of sp³-hybridized carbons (Fsp3) is 0.364. The molecule has 1 aromatic carbocycles. The van der Waals surface area contributed by atoms with Crippen LogP contribution in [0.5, 0.6) is 5.75 Å². The second-order valence-corrected chi connectivity index (χ2v) is 3.48. The van der Waals surface area contributed by atoms with Gasteiger partial charge in [0.1, 0.15) is 11.5 Å². The zero-order valence-electron chi connectivity index (χ0n) is 8.41. The summed E-state index contributed by atoms with van der Waals surface area (Å²) in [6, 6.07) is 5.75. The van der Waals surface area contributed by atoms with E-state index in [2.05, 4.69) is 12.6 Å². The average molecular weight is 210 g/mol. The van der Waals surface area contributed by atoms with Crippen LogP contribution in [-0.2, 0) is 11.2 Å². The van der Waals surface area contributed by atoms with Gasteiger partial charge in [0.25, 0.3) is 0 Å². The fourth-order valence-electron chi connectivity index (χ4n) is 1.23. The van der Waals surface area contributed by atoms with E-state index in [9.17, 15) is 4.79 Å². The molecule has 0 radical (unpaired) electrons. The van der Waals surface area contributed by atoms with E-state index in [1.54, 1.807) is 7.11 Å². The van der Waals surface area contributed by atoms with Gasteiger partial charge in [0.05, 0.1) is 7.11 Å². The molecule has 0 aromatic heterocycles. The number of Topliss-reactive ketones (excluding diaryl/α,β-unsaturated/α-hetero) is 1.